The highest BCUT2D eigenvalue weighted by atomic mass is 33.1. The summed E-state index contributed by atoms with van der Waals surface area (Å²) in [6, 6.07) is 7.55. The van der Waals surface area contributed by atoms with E-state index in [4.69, 9.17) is 5.73 Å². The lowest BCUT2D eigenvalue weighted by atomic mass is 9.92. The normalized spacial score (nSPS) is 15.8. The zero-order chi connectivity index (χ0) is 15.9. The van der Waals surface area contributed by atoms with Crippen molar-refractivity contribution in [1.82, 2.24) is 16.0 Å². The molecule has 1 heterocycles. The molecule has 1 atom stereocenters. The summed E-state index contributed by atoms with van der Waals surface area (Å²) in [6.07, 6.45) is 4.88. The highest BCUT2D eigenvalue weighted by molar-refractivity contribution is 8.76. The average molecular weight is 339 g/mol. The van der Waals surface area contributed by atoms with Crippen LogP contribution in [0, 0.1) is 0 Å². The number of hydrogen-bond acceptors (Lipinski definition) is 6. The molecule has 120 valence electrons. The molecule has 0 saturated carbocycles. The number of carbonyl (C=O) groups excluding carboxylic acids is 1. The lowest BCUT2D eigenvalue weighted by Gasteiger charge is -2.19. The molecule has 2 rings (SSSR count). The van der Waals surface area contributed by atoms with E-state index < -0.39 is 0 Å². The smallest absolute Gasteiger partial charge is 0.248 e. The molecule has 5 nitrogen and oxygen atoms in total. The SMILES string of the molecule is CSSCCN1NC=C(CC(C)c2ccccc2C(N)=O)N1. The third-order valence-corrected chi connectivity index (χ3v) is 5.26. The maximum absolute atomic E-state index is 11.5. The zero-order valence-corrected chi connectivity index (χ0v) is 14.5. The number of primary amides is 1. The van der Waals surface area contributed by atoms with Gasteiger partial charge in [0.15, 0.2) is 0 Å². The Morgan fingerprint density at radius 3 is 2.91 bits per heavy atom. The highest BCUT2D eigenvalue weighted by Crippen LogP contribution is 2.26. The van der Waals surface area contributed by atoms with Crippen LogP contribution < -0.4 is 16.6 Å². The minimum atomic E-state index is -0.371. The molecule has 1 aliphatic heterocycles. The summed E-state index contributed by atoms with van der Waals surface area (Å²) >= 11 is 0. The van der Waals surface area contributed by atoms with Crippen LogP contribution in [0.4, 0.5) is 0 Å². The van der Waals surface area contributed by atoms with Crippen molar-refractivity contribution in [2.45, 2.75) is 19.3 Å². The molecular weight excluding hydrogens is 316 g/mol. The van der Waals surface area contributed by atoms with Gasteiger partial charge in [0.05, 0.1) is 0 Å². The minimum absolute atomic E-state index is 0.213. The highest BCUT2D eigenvalue weighted by Gasteiger charge is 2.18. The molecule has 1 aliphatic rings. The molecule has 22 heavy (non-hydrogen) atoms. The molecule has 0 radical (unpaired) electrons. The minimum Gasteiger partial charge on any atom is -0.366 e. The third-order valence-electron chi connectivity index (χ3n) is 3.47. The van der Waals surface area contributed by atoms with E-state index in [1.54, 1.807) is 16.9 Å². The van der Waals surface area contributed by atoms with E-state index in [0.717, 1.165) is 30.0 Å². The summed E-state index contributed by atoms with van der Waals surface area (Å²) in [5.41, 5.74) is 14.7. The number of rotatable bonds is 8. The van der Waals surface area contributed by atoms with Crippen LogP contribution in [0.25, 0.3) is 0 Å². The predicted molar refractivity (Wildman–Crippen MR) is 95.0 cm³/mol. The van der Waals surface area contributed by atoms with Crippen LogP contribution in [-0.2, 0) is 0 Å². The lowest BCUT2D eigenvalue weighted by Crippen LogP contribution is -2.40. The molecule has 0 aromatic heterocycles. The number of benzene rings is 1. The Bertz CT molecular complexity index is 550. The maximum Gasteiger partial charge on any atom is 0.248 e. The van der Waals surface area contributed by atoms with Crippen molar-refractivity contribution in [1.29, 1.82) is 0 Å². The molecule has 0 bridgehead atoms. The predicted octanol–water partition coefficient (Wildman–Crippen LogP) is 2.46. The number of nitrogens with one attached hydrogen (secondary N) is 2. The topological polar surface area (TPSA) is 70.4 Å². The van der Waals surface area contributed by atoms with E-state index in [9.17, 15) is 4.79 Å². The number of nitrogens with zero attached hydrogens (tertiary/aromatic N) is 1. The Morgan fingerprint density at radius 2 is 2.18 bits per heavy atom. The van der Waals surface area contributed by atoms with E-state index in [2.05, 4.69) is 24.0 Å². The van der Waals surface area contributed by atoms with Crippen LogP contribution in [0.1, 0.15) is 35.2 Å². The molecule has 1 amide bonds. The van der Waals surface area contributed by atoms with E-state index in [0.29, 0.717) is 5.56 Å². The summed E-state index contributed by atoms with van der Waals surface area (Å²) in [4.78, 5) is 11.5. The third kappa shape index (κ3) is 4.59. The molecule has 4 N–H and O–H groups in total. The fourth-order valence-corrected chi connectivity index (χ4v) is 3.57. The molecular formula is C15H22N4OS2. The molecule has 0 saturated heterocycles. The molecule has 0 fully saturated rings. The second-order valence-electron chi connectivity index (χ2n) is 5.11. The fraction of sp³-hybridized carbons (Fsp3) is 0.400. The first-order chi connectivity index (χ1) is 10.6. The summed E-state index contributed by atoms with van der Waals surface area (Å²) < 4.78 is 0. The second-order valence-corrected chi connectivity index (χ2v) is 7.79. The van der Waals surface area contributed by atoms with Crippen LogP contribution in [0.5, 0.6) is 0 Å². The maximum atomic E-state index is 11.5. The van der Waals surface area contributed by atoms with Gasteiger partial charge in [0.25, 0.3) is 0 Å². The Balaban J connectivity index is 1.91. The van der Waals surface area contributed by atoms with Crippen LogP contribution >= 0.6 is 21.6 Å². The van der Waals surface area contributed by atoms with Gasteiger partial charge in [0, 0.05) is 29.8 Å². The molecule has 1 aromatic rings. The van der Waals surface area contributed by atoms with Crippen molar-refractivity contribution < 1.29 is 4.79 Å². The summed E-state index contributed by atoms with van der Waals surface area (Å²) in [7, 11) is 3.60. The van der Waals surface area contributed by atoms with Crippen molar-refractivity contribution in [2.75, 3.05) is 18.6 Å². The van der Waals surface area contributed by atoms with E-state index >= 15 is 0 Å². The van der Waals surface area contributed by atoms with Crippen molar-refractivity contribution in [3.8, 4) is 0 Å². The Morgan fingerprint density at radius 1 is 1.41 bits per heavy atom. The molecule has 7 heteroatoms. The summed E-state index contributed by atoms with van der Waals surface area (Å²) in [6.45, 7) is 3.02. The first-order valence-electron chi connectivity index (χ1n) is 7.15. The van der Waals surface area contributed by atoms with Gasteiger partial charge in [-0.3, -0.25) is 4.79 Å². The van der Waals surface area contributed by atoms with Gasteiger partial charge >= 0.3 is 0 Å². The van der Waals surface area contributed by atoms with Gasteiger partial charge in [-0.15, -0.1) is 5.12 Å². The number of carbonyl (C=O) groups is 1. The number of hydrogen-bond donors (Lipinski definition) is 3. The number of amides is 1. The quantitative estimate of drug-likeness (QED) is 0.500. The molecule has 1 unspecified atom stereocenters. The van der Waals surface area contributed by atoms with E-state index in [-0.39, 0.29) is 11.8 Å². The van der Waals surface area contributed by atoms with Crippen molar-refractivity contribution in [2.24, 2.45) is 5.73 Å². The van der Waals surface area contributed by atoms with Gasteiger partial charge < -0.3 is 16.6 Å². The standard InChI is InChI=1S/C15H22N4OS2/c1-11(13-5-3-4-6-14(13)15(16)20)9-12-10-17-19(18-12)7-8-22-21-2/h3-6,10-11,17-18H,7-9H2,1-2H3,(H2,16,20). The summed E-state index contributed by atoms with van der Waals surface area (Å²) in [5.74, 6) is 0.886. The van der Waals surface area contributed by atoms with Crippen molar-refractivity contribution in [3.63, 3.8) is 0 Å². The Kier molecular flexibility index (Phi) is 6.48. The van der Waals surface area contributed by atoms with Gasteiger partial charge in [-0.05, 0) is 30.2 Å². The van der Waals surface area contributed by atoms with Gasteiger partial charge in [0.1, 0.15) is 0 Å². The number of allylic oxidation sites excluding steroid dienone is 1. The Labute approximate surface area is 139 Å². The molecule has 1 aromatic carbocycles. The number of nitrogens with two attached hydrogens (primary N) is 1. The molecule has 0 spiro atoms. The fourth-order valence-electron chi connectivity index (χ4n) is 2.42. The monoisotopic (exact) mass is 338 g/mol. The van der Waals surface area contributed by atoms with Crippen molar-refractivity contribution >= 4 is 27.5 Å². The van der Waals surface area contributed by atoms with Gasteiger partial charge in [-0.1, -0.05) is 46.7 Å². The largest absolute Gasteiger partial charge is 0.366 e. The first-order valence-corrected chi connectivity index (χ1v) is 9.88. The van der Waals surface area contributed by atoms with Gasteiger partial charge in [-0.25, -0.2) is 0 Å². The first kappa shape index (κ1) is 17.1. The van der Waals surface area contributed by atoms with E-state index in [1.165, 1.54) is 0 Å². The van der Waals surface area contributed by atoms with Crippen LogP contribution in [0.15, 0.2) is 36.2 Å². The average Bonchev–Trinajstić information content (AvgIpc) is 2.95. The van der Waals surface area contributed by atoms with Crippen molar-refractivity contribution in [3.05, 3.63) is 47.3 Å². The van der Waals surface area contributed by atoms with Crippen LogP contribution in [-0.4, -0.2) is 29.6 Å². The second kappa shape index (κ2) is 8.36. The Hall–Kier alpha value is -1.31. The zero-order valence-electron chi connectivity index (χ0n) is 12.8. The van der Waals surface area contributed by atoms with Gasteiger partial charge in [-0.2, -0.15) is 0 Å². The van der Waals surface area contributed by atoms with Gasteiger partial charge in [0.2, 0.25) is 5.91 Å². The lowest BCUT2D eigenvalue weighted by molar-refractivity contribution is 0.0999. The van der Waals surface area contributed by atoms with Crippen LogP contribution in [0.2, 0.25) is 0 Å². The summed E-state index contributed by atoms with van der Waals surface area (Å²) in [5, 5.41) is 1.98. The van der Waals surface area contributed by atoms with Crippen LogP contribution in [0.3, 0.4) is 0 Å². The molecule has 0 aliphatic carbocycles. The number of hydrazine groups is 2. The van der Waals surface area contributed by atoms with E-state index in [1.807, 2.05) is 40.3 Å².